The molecule has 0 aliphatic heterocycles. The number of hydrogen-bond acceptors (Lipinski definition) is 3. The molecule has 0 bridgehead atoms. The molecule has 3 nitrogen and oxygen atoms in total. The molecule has 1 N–H and O–H groups in total. The van der Waals surface area contributed by atoms with Crippen molar-refractivity contribution in [3.63, 3.8) is 0 Å². The molecular formula is C17H18ClNO2S. The zero-order chi connectivity index (χ0) is 15.8. The predicted octanol–water partition coefficient (Wildman–Crippen LogP) is 4.15. The van der Waals surface area contributed by atoms with E-state index in [0.29, 0.717) is 13.0 Å². The van der Waals surface area contributed by atoms with Crippen LogP contribution in [-0.2, 0) is 11.3 Å². The molecule has 0 saturated carbocycles. The zero-order valence-corrected chi connectivity index (χ0v) is 13.9. The van der Waals surface area contributed by atoms with Gasteiger partial charge in [0, 0.05) is 28.6 Å². The first-order valence-electron chi connectivity index (χ1n) is 6.95. The molecule has 22 heavy (non-hydrogen) atoms. The average molecular weight is 336 g/mol. The molecule has 0 aromatic heterocycles. The van der Waals surface area contributed by atoms with Crippen LogP contribution in [0.4, 0.5) is 0 Å². The summed E-state index contributed by atoms with van der Waals surface area (Å²) in [7, 11) is 1.63. The van der Waals surface area contributed by atoms with Crippen LogP contribution >= 0.6 is 23.4 Å². The van der Waals surface area contributed by atoms with E-state index >= 15 is 0 Å². The van der Waals surface area contributed by atoms with Gasteiger partial charge in [-0.1, -0.05) is 23.7 Å². The van der Waals surface area contributed by atoms with E-state index in [1.165, 1.54) is 0 Å². The van der Waals surface area contributed by atoms with Crippen LogP contribution in [0.1, 0.15) is 12.0 Å². The molecule has 116 valence electrons. The quantitative estimate of drug-likeness (QED) is 0.772. The van der Waals surface area contributed by atoms with E-state index in [-0.39, 0.29) is 5.91 Å². The number of carbonyl (C=O) groups is 1. The van der Waals surface area contributed by atoms with Crippen molar-refractivity contribution in [2.75, 3.05) is 12.9 Å². The largest absolute Gasteiger partial charge is 0.497 e. The third-order valence-electron chi connectivity index (χ3n) is 3.06. The number of amides is 1. The molecular weight excluding hydrogens is 318 g/mol. The molecule has 2 aromatic carbocycles. The number of ether oxygens (including phenoxy) is 1. The van der Waals surface area contributed by atoms with Crippen molar-refractivity contribution < 1.29 is 9.53 Å². The third kappa shape index (κ3) is 5.62. The normalized spacial score (nSPS) is 10.3. The maximum absolute atomic E-state index is 11.8. The van der Waals surface area contributed by atoms with Gasteiger partial charge in [-0.2, -0.15) is 0 Å². The van der Waals surface area contributed by atoms with Crippen molar-refractivity contribution in [2.24, 2.45) is 0 Å². The van der Waals surface area contributed by atoms with Crippen LogP contribution in [0.3, 0.4) is 0 Å². The van der Waals surface area contributed by atoms with Gasteiger partial charge in [-0.05, 0) is 42.0 Å². The van der Waals surface area contributed by atoms with Gasteiger partial charge in [0.2, 0.25) is 5.91 Å². The SMILES string of the molecule is COc1ccc(CNC(=O)CCSc2ccc(Cl)cc2)cc1. The van der Waals surface area contributed by atoms with Gasteiger partial charge >= 0.3 is 0 Å². The molecule has 1 amide bonds. The summed E-state index contributed by atoms with van der Waals surface area (Å²) in [4.78, 5) is 12.9. The minimum Gasteiger partial charge on any atom is -0.497 e. The minimum atomic E-state index is 0.0530. The predicted molar refractivity (Wildman–Crippen MR) is 91.6 cm³/mol. The van der Waals surface area contributed by atoms with Crippen molar-refractivity contribution in [2.45, 2.75) is 17.9 Å². The standard InChI is InChI=1S/C17H18ClNO2S/c1-21-15-6-2-13(3-7-15)12-19-17(20)10-11-22-16-8-4-14(18)5-9-16/h2-9H,10-12H2,1H3,(H,19,20). The molecule has 0 aliphatic rings. The minimum absolute atomic E-state index is 0.0530. The first kappa shape index (κ1) is 16.7. The molecule has 0 atom stereocenters. The number of nitrogens with one attached hydrogen (secondary N) is 1. The Morgan fingerprint density at radius 1 is 1.14 bits per heavy atom. The number of hydrogen-bond donors (Lipinski definition) is 1. The van der Waals surface area contributed by atoms with Crippen LogP contribution in [-0.4, -0.2) is 18.8 Å². The van der Waals surface area contributed by atoms with Crippen LogP contribution in [0.15, 0.2) is 53.4 Å². The van der Waals surface area contributed by atoms with Crippen LogP contribution in [0.2, 0.25) is 5.02 Å². The van der Waals surface area contributed by atoms with Gasteiger partial charge in [0.1, 0.15) is 5.75 Å². The molecule has 0 fully saturated rings. The topological polar surface area (TPSA) is 38.3 Å². The number of carbonyl (C=O) groups excluding carboxylic acids is 1. The Balaban J connectivity index is 1.68. The summed E-state index contributed by atoms with van der Waals surface area (Å²) in [6, 6.07) is 15.3. The van der Waals surface area contributed by atoms with Gasteiger partial charge in [-0.15, -0.1) is 11.8 Å². The number of rotatable bonds is 7. The molecule has 0 heterocycles. The van der Waals surface area contributed by atoms with E-state index in [1.807, 2.05) is 48.5 Å². The lowest BCUT2D eigenvalue weighted by molar-refractivity contribution is -0.120. The highest BCUT2D eigenvalue weighted by molar-refractivity contribution is 7.99. The van der Waals surface area contributed by atoms with Crippen molar-refractivity contribution in [1.29, 1.82) is 0 Å². The second-order valence-electron chi connectivity index (χ2n) is 4.68. The Hall–Kier alpha value is -1.65. The first-order valence-corrected chi connectivity index (χ1v) is 8.32. The average Bonchev–Trinajstić information content (AvgIpc) is 2.55. The van der Waals surface area contributed by atoms with Gasteiger partial charge in [0.25, 0.3) is 0 Å². The van der Waals surface area contributed by atoms with Crippen LogP contribution in [0.5, 0.6) is 5.75 Å². The van der Waals surface area contributed by atoms with Gasteiger partial charge in [-0.25, -0.2) is 0 Å². The fourth-order valence-electron chi connectivity index (χ4n) is 1.82. The summed E-state index contributed by atoms with van der Waals surface area (Å²) >= 11 is 7.48. The highest BCUT2D eigenvalue weighted by Crippen LogP contribution is 2.20. The number of benzene rings is 2. The fourth-order valence-corrected chi connectivity index (χ4v) is 2.80. The Morgan fingerprint density at radius 2 is 1.82 bits per heavy atom. The van der Waals surface area contributed by atoms with E-state index in [9.17, 15) is 4.79 Å². The van der Waals surface area contributed by atoms with Crippen LogP contribution < -0.4 is 10.1 Å². The zero-order valence-electron chi connectivity index (χ0n) is 12.3. The fraction of sp³-hybridized carbons (Fsp3) is 0.235. The van der Waals surface area contributed by atoms with Crippen molar-refractivity contribution in [3.8, 4) is 5.75 Å². The molecule has 2 rings (SSSR count). The lowest BCUT2D eigenvalue weighted by Crippen LogP contribution is -2.22. The molecule has 0 saturated heterocycles. The highest BCUT2D eigenvalue weighted by atomic mass is 35.5. The molecule has 0 aliphatic carbocycles. The summed E-state index contributed by atoms with van der Waals surface area (Å²) in [5.74, 6) is 1.61. The Bertz CT molecular complexity index is 599. The van der Waals surface area contributed by atoms with E-state index < -0.39 is 0 Å². The number of methoxy groups -OCH3 is 1. The van der Waals surface area contributed by atoms with Crippen molar-refractivity contribution in [1.82, 2.24) is 5.32 Å². The van der Waals surface area contributed by atoms with Crippen LogP contribution in [0.25, 0.3) is 0 Å². The van der Waals surface area contributed by atoms with E-state index in [2.05, 4.69) is 5.32 Å². The van der Waals surface area contributed by atoms with Crippen molar-refractivity contribution in [3.05, 3.63) is 59.1 Å². The Kier molecular flexibility index (Phi) is 6.62. The maximum Gasteiger partial charge on any atom is 0.221 e. The van der Waals surface area contributed by atoms with E-state index in [4.69, 9.17) is 16.3 Å². The third-order valence-corrected chi connectivity index (χ3v) is 4.33. The van der Waals surface area contributed by atoms with Gasteiger partial charge < -0.3 is 10.1 Å². The molecule has 0 radical (unpaired) electrons. The van der Waals surface area contributed by atoms with Gasteiger partial charge in [0.05, 0.1) is 7.11 Å². The van der Waals surface area contributed by atoms with Gasteiger partial charge in [0.15, 0.2) is 0 Å². The lowest BCUT2D eigenvalue weighted by atomic mass is 10.2. The Morgan fingerprint density at radius 3 is 2.45 bits per heavy atom. The smallest absolute Gasteiger partial charge is 0.221 e. The number of halogens is 1. The first-order chi connectivity index (χ1) is 10.7. The van der Waals surface area contributed by atoms with Gasteiger partial charge in [-0.3, -0.25) is 4.79 Å². The molecule has 5 heteroatoms. The summed E-state index contributed by atoms with van der Waals surface area (Å²) < 4.78 is 5.10. The summed E-state index contributed by atoms with van der Waals surface area (Å²) in [5.41, 5.74) is 1.06. The molecule has 0 spiro atoms. The van der Waals surface area contributed by atoms with Crippen LogP contribution in [0, 0.1) is 0 Å². The summed E-state index contributed by atoms with van der Waals surface area (Å²) in [6.07, 6.45) is 0.490. The van der Waals surface area contributed by atoms with E-state index in [0.717, 1.165) is 27.0 Å². The number of thioether (sulfide) groups is 1. The lowest BCUT2D eigenvalue weighted by Gasteiger charge is -2.06. The highest BCUT2D eigenvalue weighted by Gasteiger charge is 2.03. The summed E-state index contributed by atoms with van der Waals surface area (Å²) in [5, 5.41) is 3.64. The Labute approximate surface area is 140 Å². The molecule has 2 aromatic rings. The second kappa shape index (κ2) is 8.71. The second-order valence-corrected chi connectivity index (χ2v) is 6.28. The van der Waals surface area contributed by atoms with Crippen molar-refractivity contribution >= 4 is 29.3 Å². The molecule has 0 unspecified atom stereocenters. The maximum atomic E-state index is 11.8. The van der Waals surface area contributed by atoms with E-state index in [1.54, 1.807) is 18.9 Å². The summed E-state index contributed by atoms with van der Waals surface area (Å²) in [6.45, 7) is 0.536. The monoisotopic (exact) mass is 335 g/mol.